The Morgan fingerprint density at radius 1 is 1.28 bits per heavy atom. The summed E-state index contributed by atoms with van der Waals surface area (Å²) in [5, 5.41) is 9.90. The molecule has 130 valence electrons. The third-order valence-corrected chi connectivity index (χ3v) is 5.08. The summed E-state index contributed by atoms with van der Waals surface area (Å²) < 4.78 is 1.67. The predicted octanol–water partition coefficient (Wildman–Crippen LogP) is 3.08. The second kappa shape index (κ2) is 6.99. The highest BCUT2D eigenvalue weighted by Gasteiger charge is 2.15. The van der Waals surface area contributed by atoms with Crippen molar-refractivity contribution < 1.29 is 9.59 Å². The van der Waals surface area contributed by atoms with Gasteiger partial charge in [0.25, 0.3) is 5.91 Å². The number of thiazole rings is 1. The molecular formula is C15H13Cl2N5O2S. The molecule has 0 aliphatic carbocycles. The number of hydrogen-bond acceptors (Lipinski definition) is 5. The SMILES string of the molecule is Cc1sc2nc(NC(=O)CNC(=O)c3ccc(Cl)cc3Cl)nn2c1C. The number of fused-ring (bicyclic) bond motifs is 1. The molecule has 0 atom stereocenters. The van der Waals surface area contributed by atoms with Gasteiger partial charge in [0, 0.05) is 9.90 Å². The van der Waals surface area contributed by atoms with Crippen molar-refractivity contribution in [2.45, 2.75) is 13.8 Å². The third-order valence-electron chi connectivity index (χ3n) is 3.49. The van der Waals surface area contributed by atoms with Crippen molar-refractivity contribution in [3.8, 4) is 0 Å². The van der Waals surface area contributed by atoms with Crippen LogP contribution in [0.15, 0.2) is 18.2 Å². The number of aryl methyl sites for hydroxylation is 2. The highest BCUT2D eigenvalue weighted by Crippen LogP contribution is 2.22. The molecule has 3 aromatic rings. The number of rotatable bonds is 4. The van der Waals surface area contributed by atoms with Crippen molar-refractivity contribution in [1.29, 1.82) is 0 Å². The fraction of sp³-hybridized carbons (Fsp3) is 0.200. The van der Waals surface area contributed by atoms with Crippen LogP contribution in [0.4, 0.5) is 5.95 Å². The van der Waals surface area contributed by atoms with E-state index in [1.54, 1.807) is 10.6 Å². The molecule has 0 radical (unpaired) electrons. The predicted molar refractivity (Wildman–Crippen MR) is 97.8 cm³/mol. The van der Waals surface area contributed by atoms with E-state index in [1.807, 2.05) is 13.8 Å². The second-order valence-corrected chi connectivity index (χ2v) is 7.25. The first kappa shape index (κ1) is 17.7. The summed E-state index contributed by atoms with van der Waals surface area (Å²) in [5.74, 6) is -0.716. The molecule has 0 saturated carbocycles. The van der Waals surface area contributed by atoms with Crippen molar-refractivity contribution >= 4 is 57.3 Å². The van der Waals surface area contributed by atoms with Crippen molar-refractivity contribution in [2.75, 3.05) is 11.9 Å². The van der Waals surface area contributed by atoms with E-state index in [1.165, 1.54) is 23.5 Å². The van der Waals surface area contributed by atoms with Gasteiger partial charge in [-0.25, -0.2) is 4.52 Å². The quantitative estimate of drug-likeness (QED) is 0.707. The van der Waals surface area contributed by atoms with Crippen LogP contribution in [-0.4, -0.2) is 33.0 Å². The van der Waals surface area contributed by atoms with E-state index in [2.05, 4.69) is 20.7 Å². The Morgan fingerprint density at radius 3 is 2.72 bits per heavy atom. The van der Waals surface area contributed by atoms with Crippen molar-refractivity contribution in [1.82, 2.24) is 19.9 Å². The molecule has 1 aromatic carbocycles. The molecule has 0 aliphatic heterocycles. The molecule has 0 unspecified atom stereocenters. The molecule has 3 rings (SSSR count). The number of carbonyl (C=O) groups excluding carboxylic acids is 2. The monoisotopic (exact) mass is 397 g/mol. The van der Waals surface area contributed by atoms with Crippen LogP contribution in [0.1, 0.15) is 20.9 Å². The molecular weight excluding hydrogens is 385 g/mol. The maximum Gasteiger partial charge on any atom is 0.253 e. The van der Waals surface area contributed by atoms with Gasteiger partial charge in [-0.15, -0.1) is 5.10 Å². The lowest BCUT2D eigenvalue weighted by Crippen LogP contribution is -2.33. The highest BCUT2D eigenvalue weighted by atomic mass is 35.5. The summed E-state index contributed by atoms with van der Waals surface area (Å²) in [5.41, 5.74) is 1.21. The Kier molecular flexibility index (Phi) is 4.94. The number of aromatic nitrogens is 3. The van der Waals surface area contributed by atoms with Crippen LogP contribution in [0, 0.1) is 13.8 Å². The van der Waals surface area contributed by atoms with Crippen LogP contribution in [0.2, 0.25) is 10.0 Å². The smallest absolute Gasteiger partial charge is 0.253 e. The van der Waals surface area contributed by atoms with E-state index in [-0.39, 0.29) is 23.1 Å². The number of hydrogen-bond donors (Lipinski definition) is 2. The molecule has 2 amide bonds. The summed E-state index contributed by atoms with van der Waals surface area (Å²) in [6, 6.07) is 4.51. The number of nitrogens with one attached hydrogen (secondary N) is 2. The van der Waals surface area contributed by atoms with Gasteiger partial charge < -0.3 is 5.32 Å². The van der Waals surface area contributed by atoms with Gasteiger partial charge in [0.05, 0.1) is 22.8 Å². The van der Waals surface area contributed by atoms with Gasteiger partial charge in [0.15, 0.2) is 0 Å². The molecule has 0 fully saturated rings. The van der Waals surface area contributed by atoms with Gasteiger partial charge >= 0.3 is 0 Å². The van der Waals surface area contributed by atoms with E-state index in [0.717, 1.165) is 10.6 Å². The molecule has 25 heavy (non-hydrogen) atoms. The van der Waals surface area contributed by atoms with Gasteiger partial charge in [-0.3, -0.25) is 14.9 Å². The zero-order chi connectivity index (χ0) is 18.1. The van der Waals surface area contributed by atoms with E-state index in [4.69, 9.17) is 23.2 Å². The van der Waals surface area contributed by atoms with Crippen molar-refractivity contribution in [2.24, 2.45) is 0 Å². The molecule has 0 bridgehead atoms. The topological polar surface area (TPSA) is 88.4 Å². The lowest BCUT2D eigenvalue weighted by atomic mass is 10.2. The van der Waals surface area contributed by atoms with E-state index < -0.39 is 11.8 Å². The van der Waals surface area contributed by atoms with Crippen LogP contribution in [0.25, 0.3) is 4.96 Å². The number of benzene rings is 1. The van der Waals surface area contributed by atoms with Crippen LogP contribution < -0.4 is 10.6 Å². The molecule has 0 spiro atoms. The highest BCUT2D eigenvalue weighted by molar-refractivity contribution is 7.17. The summed E-state index contributed by atoms with van der Waals surface area (Å²) >= 11 is 13.2. The maximum absolute atomic E-state index is 12.1. The van der Waals surface area contributed by atoms with Gasteiger partial charge in [-0.2, -0.15) is 4.98 Å². The number of amides is 2. The summed E-state index contributed by atoms with van der Waals surface area (Å²) in [7, 11) is 0. The standard InChI is InChI=1S/C15H13Cl2N5O2S/c1-7-8(2)25-15-20-14(21-22(7)15)19-12(23)6-18-13(24)10-4-3-9(16)5-11(10)17/h3-5H,6H2,1-2H3,(H,18,24)(H,19,21,23). The van der Waals surface area contributed by atoms with E-state index in [9.17, 15) is 9.59 Å². The Labute approximate surface area is 157 Å². The largest absolute Gasteiger partial charge is 0.343 e. The summed E-state index contributed by atoms with van der Waals surface area (Å²) in [6.45, 7) is 3.67. The zero-order valence-corrected chi connectivity index (χ0v) is 15.6. The van der Waals surface area contributed by atoms with Gasteiger partial charge in [-0.1, -0.05) is 34.5 Å². The minimum atomic E-state index is -0.470. The number of nitrogens with zero attached hydrogens (tertiary/aromatic N) is 3. The first-order chi connectivity index (χ1) is 11.8. The Hall–Kier alpha value is -2.16. The Morgan fingerprint density at radius 2 is 2.04 bits per heavy atom. The molecule has 10 heteroatoms. The normalized spacial score (nSPS) is 10.9. The maximum atomic E-state index is 12.1. The minimum absolute atomic E-state index is 0.193. The Balaban J connectivity index is 1.61. The first-order valence-corrected chi connectivity index (χ1v) is 8.78. The van der Waals surface area contributed by atoms with Crippen molar-refractivity contribution in [3.05, 3.63) is 44.4 Å². The molecule has 2 heterocycles. The van der Waals surface area contributed by atoms with Crippen molar-refractivity contribution in [3.63, 3.8) is 0 Å². The number of anilines is 1. The molecule has 2 N–H and O–H groups in total. The summed E-state index contributed by atoms with van der Waals surface area (Å²) in [6.07, 6.45) is 0. The molecule has 0 saturated heterocycles. The molecule has 0 aliphatic rings. The fourth-order valence-corrected chi connectivity index (χ4v) is 3.49. The average molecular weight is 398 g/mol. The third kappa shape index (κ3) is 3.76. The minimum Gasteiger partial charge on any atom is -0.343 e. The van der Waals surface area contributed by atoms with Gasteiger partial charge in [0.1, 0.15) is 0 Å². The van der Waals surface area contributed by atoms with Crippen LogP contribution in [0.5, 0.6) is 0 Å². The summed E-state index contributed by atoms with van der Waals surface area (Å²) in [4.78, 5) is 30.1. The van der Waals surface area contributed by atoms with Gasteiger partial charge in [-0.05, 0) is 32.0 Å². The van der Waals surface area contributed by atoms with E-state index >= 15 is 0 Å². The number of halogens is 2. The lowest BCUT2D eigenvalue weighted by molar-refractivity contribution is -0.115. The number of carbonyl (C=O) groups is 2. The van der Waals surface area contributed by atoms with E-state index in [0.29, 0.717) is 9.98 Å². The van der Waals surface area contributed by atoms with Gasteiger partial charge in [0.2, 0.25) is 16.8 Å². The molecule has 2 aromatic heterocycles. The second-order valence-electron chi connectivity index (χ2n) is 5.23. The molecule has 7 nitrogen and oxygen atoms in total. The first-order valence-electron chi connectivity index (χ1n) is 7.21. The lowest BCUT2D eigenvalue weighted by Gasteiger charge is -2.06. The Bertz CT molecular complexity index is 982. The van der Waals surface area contributed by atoms with Crippen LogP contribution in [-0.2, 0) is 4.79 Å². The average Bonchev–Trinajstić information content (AvgIpc) is 3.04. The van der Waals surface area contributed by atoms with Crippen LogP contribution >= 0.6 is 34.5 Å². The van der Waals surface area contributed by atoms with Crippen LogP contribution in [0.3, 0.4) is 0 Å². The zero-order valence-electron chi connectivity index (χ0n) is 13.3. The fourth-order valence-electron chi connectivity index (χ4n) is 2.09.